The van der Waals surface area contributed by atoms with Gasteiger partial charge in [0.25, 0.3) is 0 Å². The zero-order valence-corrected chi connectivity index (χ0v) is 13.5. The molecule has 6 nitrogen and oxygen atoms in total. The summed E-state index contributed by atoms with van der Waals surface area (Å²) in [7, 11) is 0. The number of hydrogen-bond acceptors (Lipinski definition) is 6. The standard InChI is InChI=1S/C15H19N3O3S/c1-8-17-12(16-7-15(2,21)14(19)20)11-9-5-3-4-6-10(9)22-13(11)18-8/h21H,3-7H2,1-2H3,(H,19,20)(H,16,17,18). The minimum absolute atomic E-state index is 0.0987. The molecule has 1 unspecified atom stereocenters. The Hall–Kier alpha value is -1.73. The van der Waals surface area contributed by atoms with Gasteiger partial charge < -0.3 is 15.5 Å². The average molecular weight is 321 g/mol. The maximum Gasteiger partial charge on any atom is 0.337 e. The number of anilines is 1. The van der Waals surface area contributed by atoms with E-state index < -0.39 is 11.6 Å². The summed E-state index contributed by atoms with van der Waals surface area (Å²) in [6, 6.07) is 0. The molecule has 0 radical (unpaired) electrons. The van der Waals surface area contributed by atoms with E-state index in [1.54, 1.807) is 11.3 Å². The highest BCUT2D eigenvalue weighted by Gasteiger charge is 2.30. The highest BCUT2D eigenvalue weighted by Crippen LogP contribution is 2.38. The number of aryl methyl sites for hydroxylation is 3. The molecule has 2 aromatic rings. The van der Waals surface area contributed by atoms with E-state index in [9.17, 15) is 9.90 Å². The predicted octanol–water partition coefficient (Wildman–Crippen LogP) is 2.13. The number of hydrogen-bond donors (Lipinski definition) is 3. The summed E-state index contributed by atoms with van der Waals surface area (Å²) in [4.78, 5) is 22.3. The molecule has 0 bridgehead atoms. The zero-order chi connectivity index (χ0) is 15.9. The lowest BCUT2D eigenvalue weighted by atomic mass is 9.97. The van der Waals surface area contributed by atoms with E-state index in [0.717, 1.165) is 29.5 Å². The van der Waals surface area contributed by atoms with Crippen molar-refractivity contribution in [3.8, 4) is 0 Å². The molecule has 0 amide bonds. The Morgan fingerprint density at radius 2 is 2.09 bits per heavy atom. The molecule has 1 aliphatic rings. The molecule has 0 aromatic carbocycles. The lowest BCUT2D eigenvalue weighted by molar-refractivity contribution is -0.155. The Labute approximate surface area is 132 Å². The molecular formula is C15H19N3O3S. The van der Waals surface area contributed by atoms with Crippen molar-refractivity contribution < 1.29 is 15.0 Å². The van der Waals surface area contributed by atoms with Gasteiger partial charge in [-0.2, -0.15) is 0 Å². The maximum atomic E-state index is 11.0. The van der Waals surface area contributed by atoms with Crippen molar-refractivity contribution in [3.05, 3.63) is 16.3 Å². The molecule has 2 heterocycles. The molecule has 1 aliphatic carbocycles. The Morgan fingerprint density at radius 3 is 2.82 bits per heavy atom. The second kappa shape index (κ2) is 5.48. The molecule has 0 saturated carbocycles. The second-order valence-corrected chi connectivity index (χ2v) is 7.03. The first-order valence-electron chi connectivity index (χ1n) is 7.37. The number of rotatable bonds is 4. The normalized spacial score (nSPS) is 17.0. The topological polar surface area (TPSA) is 95.3 Å². The summed E-state index contributed by atoms with van der Waals surface area (Å²) in [5, 5.41) is 22.9. The second-order valence-electron chi connectivity index (χ2n) is 5.94. The number of nitrogens with zero attached hydrogens (tertiary/aromatic N) is 2. The van der Waals surface area contributed by atoms with Crippen molar-refractivity contribution in [2.75, 3.05) is 11.9 Å². The Balaban J connectivity index is 2.01. The fourth-order valence-corrected chi connectivity index (χ4v) is 4.03. The van der Waals surface area contributed by atoms with Gasteiger partial charge in [-0.3, -0.25) is 0 Å². The molecule has 22 heavy (non-hydrogen) atoms. The van der Waals surface area contributed by atoms with Gasteiger partial charge in [0.15, 0.2) is 5.60 Å². The first kappa shape index (κ1) is 15.2. The first-order valence-corrected chi connectivity index (χ1v) is 8.18. The van der Waals surface area contributed by atoms with Gasteiger partial charge in [0.2, 0.25) is 0 Å². The van der Waals surface area contributed by atoms with Crippen LogP contribution in [0.4, 0.5) is 5.82 Å². The fourth-order valence-electron chi connectivity index (χ4n) is 2.72. The molecule has 2 aromatic heterocycles. The SMILES string of the molecule is Cc1nc(NCC(C)(O)C(=O)O)c2c3c(sc2n1)CCCC3. The largest absolute Gasteiger partial charge is 0.479 e. The highest BCUT2D eigenvalue weighted by molar-refractivity contribution is 7.19. The number of carbonyl (C=O) groups is 1. The summed E-state index contributed by atoms with van der Waals surface area (Å²) in [6.07, 6.45) is 4.43. The van der Waals surface area contributed by atoms with Crippen LogP contribution < -0.4 is 5.32 Å². The fraction of sp³-hybridized carbons (Fsp3) is 0.533. The van der Waals surface area contributed by atoms with E-state index in [2.05, 4.69) is 15.3 Å². The molecule has 1 atom stereocenters. The van der Waals surface area contributed by atoms with E-state index in [1.165, 1.54) is 23.8 Å². The zero-order valence-electron chi connectivity index (χ0n) is 12.6. The summed E-state index contributed by atoms with van der Waals surface area (Å²) < 4.78 is 0. The van der Waals surface area contributed by atoms with Crippen LogP contribution in [0.2, 0.25) is 0 Å². The van der Waals surface area contributed by atoms with Crippen LogP contribution in [0.5, 0.6) is 0 Å². The van der Waals surface area contributed by atoms with Crippen molar-refractivity contribution in [2.45, 2.75) is 45.1 Å². The van der Waals surface area contributed by atoms with Gasteiger partial charge in [0.1, 0.15) is 16.5 Å². The van der Waals surface area contributed by atoms with Gasteiger partial charge in [0.05, 0.1) is 11.9 Å². The maximum absolute atomic E-state index is 11.0. The van der Waals surface area contributed by atoms with Gasteiger partial charge in [0, 0.05) is 4.88 Å². The van der Waals surface area contributed by atoms with Crippen molar-refractivity contribution in [1.29, 1.82) is 0 Å². The predicted molar refractivity (Wildman–Crippen MR) is 85.5 cm³/mol. The van der Waals surface area contributed by atoms with Crippen LogP contribution in [0.15, 0.2) is 0 Å². The van der Waals surface area contributed by atoms with Crippen LogP contribution in [-0.4, -0.2) is 38.3 Å². The smallest absolute Gasteiger partial charge is 0.337 e. The van der Waals surface area contributed by atoms with Crippen LogP contribution in [0.3, 0.4) is 0 Å². The monoisotopic (exact) mass is 321 g/mol. The summed E-state index contributed by atoms with van der Waals surface area (Å²) in [5.74, 6) is 0.0151. The van der Waals surface area contributed by atoms with E-state index in [0.29, 0.717) is 11.6 Å². The number of nitrogens with one attached hydrogen (secondary N) is 1. The molecule has 118 valence electrons. The number of aliphatic carboxylic acids is 1. The molecule has 0 fully saturated rings. The highest BCUT2D eigenvalue weighted by atomic mass is 32.1. The van der Waals surface area contributed by atoms with Crippen LogP contribution in [0.25, 0.3) is 10.2 Å². The van der Waals surface area contributed by atoms with Crippen molar-refractivity contribution in [3.63, 3.8) is 0 Å². The molecular weight excluding hydrogens is 302 g/mol. The number of fused-ring (bicyclic) bond motifs is 3. The van der Waals surface area contributed by atoms with Gasteiger partial charge in [-0.05, 0) is 45.1 Å². The number of aromatic nitrogens is 2. The van der Waals surface area contributed by atoms with E-state index in [4.69, 9.17) is 5.11 Å². The summed E-state index contributed by atoms with van der Waals surface area (Å²) in [5.41, 5.74) is -0.551. The Bertz CT molecular complexity index is 739. The van der Waals surface area contributed by atoms with Crippen molar-refractivity contribution in [1.82, 2.24) is 9.97 Å². The third-order valence-corrected chi connectivity index (χ3v) is 5.17. The number of aliphatic hydroxyl groups is 1. The first-order chi connectivity index (χ1) is 10.4. The minimum atomic E-state index is -1.83. The Morgan fingerprint density at radius 1 is 1.36 bits per heavy atom. The lowest BCUT2D eigenvalue weighted by Gasteiger charge is -2.19. The van der Waals surface area contributed by atoms with Crippen LogP contribution in [0, 0.1) is 6.92 Å². The van der Waals surface area contributed by atoms with Crippen LogP contribution in [-0.2, 0) is 17.6 Å². The third-order valence-electron chi connectivity index (χ3n) is 3.99. The summed E-state index contributed by atoms with van der Waals surface area (Å²) >= 11 is 1.70. The van der Waals surface area contributed by atoms with Gasteiger partial charge >= 0.3 is 5.97 Å². The van der Waals surface area contributed by atoms with E-state index >= 15 is 0 Å². The number of carboxylic acids is 1. The van der Waals surface area contributed by atoms with Crippen LogP contribution in [0.1, 0.15) is 36.0 Å². The lowest BCUT2D eigenvalue weighted by Crippen LogP contribution is -2.42. The molecule has 0 aliphatic heterocycles. The van der Waals surface area contributed by atoms with Gasteiger partial charge in [-0.25, -0.2) is 14.8 Å². The number of thiophene rings is 1. The van der Waals surface area contributed by atoms with Crippen molar-refractivity contribution >= 4 is 33.3 Å². The molecule has 3 rings (SSSR count). The van der Waals surface area contributed by atoms with Gasteiger partial charge in [-0.15, -0.1) is 11.3 Å². The van der Waals surface area contributed by atoms with Crippen LogP contribution >= 0.6 is 11.3 Å². The minimum Gasteiger partial charge on any atom is -0.479 e. The van der Waals surface area contributed by atoms with Crippen molar-refractivity contribution in [2.24, 2.45) is 0 Å². The average Bonchev–Trinajstić information content (AvgIpc) is 2.82. The Kier molecular flexibility index (Phi) is 3.78. The summed E-state index contributed by atoms with van der Waals surface area (Å²) in [6.45, 7) is 2.99. The van der Waals surface area contributed by atoms with Gasteiger partial charge in [-0.1, -0.05) is 0 Å². The molecule has 0 spiro atoms. The third kappa shape index (κ3) is 2.66. The molecule has 7 heteroatoms. The van der Waals surface area contributed by atoms with E-state index in [-0.39, 0.29) is 6.54 Å². The number of carboxylic acid groups (broad SMARTS) is 1. The van der Waals surface area contributed by atoms with E-state index in [1.807, 2.05) is 6.92 Å². The molecule has 3 N–H and O–H groups in total. The quantitative estimate of drug-likeness (QED) is 0.798. The molecule has 0 saturated heterocycles.